The second kappa shape index (κ2) is 7.42. The van der Waals surface area contributed by atoms with Gasteiger partial charge in [0.1, 0.15) is 0 Å². The number of nitrogens with zero attached hydrogens (tertiary/aromatic N) is 1. The van der Waals surface area contributed by atoms with E-state index in [1.807, 2.05) is 30.5 Å². The largest absolute Gasteiger partial charge is 0.379 e. The van der Waals surface area contributed by atoms with Crippen LogP contribution in [0.2, 0.25) is 0 Å². The van der Waals surface area contributed by atoms with Gasteiger partial charge in [-0.3, -0.25) is 9.69 Å². The minimum absolute atomic E-state index is 0.00266. The van der Waals surface area contributed by atoms with Gasteiger partial charge in [0.2, 0.25) is 0 Å². The zero-order chi connectivity index (χ0) is 15.2. The summed E-state index contributed by atoms with van der Waals surface area (Å²) in [5, 5.41) is 4.12. The smallest absolute Gasteiger partial charge is 0.251 e. The summed E-state index contributed by atoms with van der Waals surface area (Å²) < 4.78 is 5.33. The van der Waals surface area contributed by atoms with Gasteiger partial charge in [0.05, 0.1) is 13.2 Å². The minimum Gasteiger partial charge on any atom is -0.379 e. The Bertz CT molecular complexity index is 617. The summed E-state index contributed by atoms with van der Waals surface area (Å²) >= 11 is 0. The number of rotatable bonds is 6. The van der Waals surface area contributed by atoms with Crippen LogP contribution in [-0.4, -0.2) is 55.2 Å². The van der Waals surface area contributed by atoms with E-state index < -0.39 is 0 Å². The van der Waals surface area contributed by atoms with Crippen molar-refractivity contribution in [3.63, 3.8) is 0 Å². The van der Waals surface area contributed by atoms with Crippen molar-refractivity contribution in [1.82, 2.24) is 15.2 Å². The monoisotopic (exact) mass is 301 g/mol. The number of hydrogen-bond acceptors (Lipinski definition) is 3. The van der Waals surface area contributed by atoms with Crippen molar-refractivity contribution in [1.29, 1.82) is 0 Å². The quantitative estimate of drug-likeness (QED) is 0.803. The number of amides is 1. The fraction of sp³-hybridized carbons (Fsp3) is 0.471. The van der Waals surface area contributed by atoms with Crippen LogP contribution in [-0.2, 0) is 4.74 Å². The maximum atomic E-state index is 12.1. The first-order chi connectivity index (χ1) is 10.8. The lowest BCUT2D eigenvalue weighted by atomic mass is 10.1. The molecule has 1 aromatic carbocycles. The molecule has 1 aliphatic rings. The Hall–Kier alpha value is -1.85. The van der Waals surface area contributed by atoms with Crippen molar-refractivity contribution < 1.29 is 9.53 Å². The average Bonchev–Trinajstić information content (AvgIpc) is 3.03. The van der Waals surface area contributed by atoms with Gasteiger partial charge in [-0.25, -0.2) is 0 Å². The normalized spacial score (nSPS) is 16.0. The van der Waals surface area contributed by atoms with Crippen molar-refractivity contribution in [3.8, 4) is 0 Å². The lowest BCUT2D eigenvalue weighted by Gasteiger charge is -2.26. The Morgan fingerprint density at radius 1 is 1.23 bits per heavy atom. The van der Waals surface area contributed by atoms with Gasteiger partial charge in [0.25, 0.3) is 5.91 Å². The number of ether oxygens (including phenoxy) is 1. The Balaban J connectivity index is 1.38. The molecule has 0 atom stereocenters. The fourth-order valence-electron chi connectivity index (χ4n) is 2.78. The summed E-state index contributed by atoms with van der Waals surface area (Å²) in [5.74, 6) is 0.00266. The number of carbonyl (C=O) groups is 1. The molecule has 2 heterocycles. The summed E-state index contributed by atoms with van der Waals surface area (Å²) in [6, 6.07) is 7.75. The van der Waals surface area contributed by atoms with Gasteiger partial charge in [-0.15, -0.1) is 0 Å². The van der Waals surface area contributed by atoms with E-state index in [1.165, 1.54) is 0 Å². The zero-order valence-electron chi connectivity index (χ0n) is 12.8. The summed E-state index contributed by atoms with van der Waals surface area (Å²) in [6.07, 6.45) is 4.00. The molecule has 5 nitrogen and oxygen atoms in total. The van der Waals surface area contributed by atoms with Crippen LogP contribution < -0.4 is 5.32 Å². The molecule has 3 rings (SSSR count). The van der Waals surface area contributed by atoms with E-state index in [4.69, 9.17) is 4.74 Å². The molecule has 1 fully saturated rings. The first-order valence-corrected chi connectivity index (χ1v) is 7.98. The number of benzene rings is 1. The Morgan fingerprint density at radius 3 is 2.95 bits per heavy atom. The molecule has 2 aromatic rings. The predicted molar refractivity (Wildman–Crippen MR) is 87.1 cm³/mol. The van der Waals surface area contributed by atoms with Crippen LogP contribution in [0.5, 0.6) is 0 Å². The molecule has 0 spiro atoms. The lowest BCUT2D eigenvalue weighted by Crippen LogP contribution is -2.37. The molecule has 118 valence electrons. The number of nitrogens with one attached hydrogen (secondary N) is 2. The Kier molecular flexibility index (Phi) is 5.08. The van der Waals surface area contributed by atoms with E-state index in [2.05, 4.69) is 15.2 Å². The third-order valence-electron chi connectivity index (χ3n) is 4.11. The van der Waals surface area contributed by atoms with Gasteiger partial charge in [-0.1, -0.05) is 6.07 Å². The highest BCUT2D eigenvalue weighted by Crippen LogP contribution is 2.14. The molecule has 2 N–H and O–H groups in total. The van der Waals surface area contributed by atoms with Crippen molar-refractivity contribution in [2.24, 2.45) is 0 Å². The van der Waals surface area contributed by atoms with Gasteiger partial charge in [0.15, 0.2) is 0 Å². The second-order valence-corrected chi connectivity index (χ2v) is 5.70. The van der Waals surface area contributed by atoms with Crippen LogP contribution in [0.3, 0.4) is 0 Å². The van der Waals surface area contributed by atoms with Crippen LogP contribution in [0.15, 0.2) is 30.5 Å². The van der Waals surface area contributed by atoms with Crippen LogP contribution >= 0.6 is 0 Å². The van der Waals surface area contributed by atoms with E-state index in [9.17, 15) is 4.79 Å². The summed E-state index contributed by atoms with van der Waals surface area (Å²) in [6.45, 7) is 5.57. The first-order valence-electron chi connectivity index (χ1n) is 7.98. The van der Waals surface area contributed by atoms with Crippen LogP contribution in [0.1, 0.15) is 23.2 Å². The number of hydrogen-bond donors (Lipinski definition) is 2. The molecule has 1 aliphatic heterocycles. The number of carbonyl (C=O) groups excluding carboxylic acids is 1. The number of morpholine rings is 1. The summed E-state index contributed by atoms with van der Waals surface area (Å²) in [7, 11) is 0. The predicted octanol–water partition coefficient (Wildman–Crippen LogP) is 2.01. The first kappa shape index (κ1) is 15.1. The van der Waals surface area contributed by atoms with Crippen molar-refractivity contribution in [3.05, 3.63) is 36.0 Å². The van der Waals surface area contributed by atoms with E-state index in [1.54, 1.807) is 0 Å². The van der Waals surface area contributed by atoms with Crippen molar-refractivity contribution >= 4 is 16.8 Å². The SMILES string of the molecule is O=C(NCCCCN1CCOCC1)c1ccc2cc[nH]c2c1. The zero-order valence-corrected chi connectivity index (χ0v) is 12.8. The molecule has 0 bridgehead atoms. The Morgan fingerprint density at radius 2 is 2.09 bits per heavy atom. The molecule has 0 radical (unpaired) electrons. The van der Waals surface area contributed by atoms with Crippen molar-refractivity contribution in [2.75, 3.05) is 39.4 Å². The number of unbranched alkanes of at least 4 members (excludes halogenated alkanes) is 1. The van der Waals surface area contributed by atoms with E-state index in [-0.39, 0.29) is 5.91 Å². The molecule has 0 aliphatic carbocycles. The topological polar surface area (TPSA) is 57.4 Å². The highest BCUT2D eigenvalue weighted by atomic mass is 16.5. The van der Waals surface area contributed by atoms with Crippen LogP contribution in [0.25, 0.3) is 10.9 Å². The standard InChI is InChI=1S/C17H23N3O2/c21-17(15-4-3-14-5-7-18-16(14)13-15)19-6-1-2-8-20-9-11-22-12-10-20/h3-5,7,13,18H,1-2,6,8-12H2,(H,19,21). The van der Waals surface area contributed by atoms with Crippen LogP contribution in [0.4, 0.5) is 0 Å². The minimum atomic E-state index is 0.00266. The van der Waals surface area contributed by atoms with E-state index in [0.717, 1.165) is 63.1 Å². The molecule has 1 saturated heterocycles. The van der Waals surface area contributed by atoms with Gasteiger partial charge >= 0.3 is 0 Å². The molecule has 5 heteroatoms. The molecule has 1 aromatic heterocycles. The number of aromatic amines is 1. The van der Waals surface area contributed by atoms with E-state index >= 15 is 0 Å². The molecular formula is C17H23N3O2. The molecule has 0 unspecified atom stereocenters. The second-order valence-electron chi connectivity index (χ2n) is 5.70. The number of aromatic nitrogens is 1. The highest BCUT2D eigenvalue weighted by molar-refractivity contribution is 5.97. The van der Waals surface area contributed by atoms with Gasteiger partial charge < -0.3 is 15.0 Å². The third kappa shape index (κ3) is 3.87. The summed E-state index contributed by atoms with van der Waals surface area (Å²) in [5.41, 5.74) is 1.71. The number of H-pyrrole nitrogens is 1. The number of fused-ring (bicyclic) bond motifs is 1. The third-order valence-corrected chi connectivity index (χ3v) is 4.11. The van der Waals surface area contributed by atoms with Gasteiger partial charge in [-0.05, 0) is 43.0 Å². The highest BCUT2D eigenvalue weighted by Gasteiger charge is 2.10. The Labute approximate surface area is 130 Å². The van der Waals surface area contributed by atoms with Crippen molar-refractivity contribution in [2.45, 2.75) is 12.8 Å². The van der Waals surface area contributed by atoms with Crippen LogP contribution in [0, 0.1) is 0 Å². The molecule has 22 heavy (non-hydrogen) atoms. The summed E-state index contributed by atoms with van der Waals surface area (Å²) in [4.78, 5) is 17.7. The lowest BCUT2D eigenvalue weighted by molar-refractivity contribution is 0.0372. The molecule has 0 saturated carbocycles. The molecular weight excluding hydrogens is 278 g/mol. The fourth-order valence-corrected chi connectivity index (χ4v) is 2.78. The molecule has 1 amide bonds. The maximum Gasteiger partial charge on any atom is 0.251 e. The maximum absolute atomic E-state index is 12.1. The van der Waals surface area contributed by atoms with Gasteiger partial charge in [-0.2, -0.15) is 0 Å². The average molecular weight is 301 g/mol. The van der Waals surface area contributed by atoms with E-state index in [0.29, 0.717) is 5.56 Å². The van der Waals surface area contributed by atoms with Gasteiger partial charge in [0, 0.05) is 36.9 Å².